The van der Waals surface area contributed by atoms with Gasteiger partial charge in [0.2, 0.25) is 0 Å². The van der Waals surface area contributed by atoms with E-state index in [0.717, 1.165) is 29.8 Å². The number of aromatic nitrogens is 1. The van der Waals surface area contributed by atoms with Crippen LogP contribution in [0.15, 0.2) is 0 Å². The standard InChI is InChI=1S/C13H17NOS/c15-11-8-4-7-10-12(11)16-13(14-10)9-5-2-1-3-6-9/h9H,1-8H2. The van der Waals surface area contributed by atoms with Gasteiger partial charge in [-0.3, -0.25) is 4.79 Å². The normalized spacial score (nSPS) is 22.1. The van der Waals surface area contributed by atoms with Gasteiger partial charge in [0.25, 0.3) is 0 Å². The van der Waals surface area contributed by atoms with Crippen molar-refractivity contribution in [1.82, 2.24) is 4.98 Å². The Balaban J connectivity index is 1.88. The molecule has 3 heteroatoms. The molecule has 1 heterocycles. The highest BCUT2D eigenvalue weighted by atomic mass is 32.1. The van der Waals surface area contributed by atoms with Crippen molar-refractivity contribution in [3.8, 4) is 0 Å². The molecular formula is C13H17NOS. The maximum Gasteiger partial charge on any atom is 0.174 e. The zero-order valence-electron chi connectivity index (χ0n) is 9.50. The number of ketones is 1. The monoisotopic (exact) mass is 235 g/mol. The molecule has 16 heavy (non-hydrogen) atoms. The Bertz CT molecular complexity index is 404. The molecule has 86 valence electrons. The summed E-state index contributed by atoms with van der Waals surface area (Å²) in [4.78, 5) is 17.5. The van der Waals surface area contributed by atoms with Crippen molar-refractivity contribution in [3.05, 3.63) is 15.6 Å². The minimum Gasteiger partial charge on any atom is -0.293 e. The predicted molar refractivity (Wildman–Crippen MR) is 65.2 cm³/mol. The highest BCUT2D eigenvalue weighted by Crippen LogP contribution is 2.37. The van der Waals surface area contributed by atoms with E-state index in [9.17, 15) is 4.79 Å². The first kappa shape index (κ1) is 10.5. The van der Waals surface area contributed by atoms with Crippen LogP contribution in [0.2, 0.25) is 0 Å². The van der Waals surface area contributed by atoms with Gasteiger partial charge in [-0.2, -0.15) is 0 Å². The van der Waals surface area contributed by atoms with E-state index in [-0.39, 0.29) is 0 Å². The Morgan fingerprint density at radius 1 is 1.06 bits per heavy atom. The van der Waals surface area contributed by atoms with E-state index in [1.807, 2.05) is 0 Å². The van der Waals surface area contributed by atoms with Crippen molar-refractivity contribution < 1.29 is 4.79 Å². The summed E-state index contributed by atoms with van der Waals surface area (Å²) in [5.41, 5.74) is 1.10. The molecular weight excluding hydrogens is 218 g/mol. The molecule has 0 unspecified atom stereocenters. The lowest BCUT2D eigenvalue weighted by Crippen LogP contribution is -2.08. The van der Waals surface area contributed by atoms with Crippen LogP contribution in [0.3, 0.4) is 0 Å². The van der Waals surface area contributed by atoms with E-state index in [0.29, 0.717) is 11.7 Å². The molecule has 0 saturated heterocycles. The third-order valence-electron chi connectivity index (χ3n) is 3.74. The predicted octanol–water partition coefficient (Wildman–Crippen LogP) is 3.71. The van der Waals surface area contributed by atoms with Crippen molar-refractivity contribution >= 4 is 17.1 Å². The molecule has 0 aromatic carbocycles. The number of nitrogens with zero attached hydrogens (tertiary/aromatic N) is 1. The van der Waals surface area contributed by atoms with Gasteiger partial charge in [-0.1, -0.05) is 19.3 Å². The van der Waals surface area contributed by atoms with E-state index in [1.165, 1.54) is 37.1 Å². The highest BCUT2D eigenvalue weighted by Gasteiger charge is 2.26. The van der Waals surface area contributed by atoms with Gasteiger partial charge < -0.3 is 0 Å². The number of Topliss-reactive ketones (excluding diaryl/α,β-unsaturated/α-hetero) is 1. The van der Waals surface area contributed by atoms with Gasteiger partial charge in [-0.25, -0.2) is 4.98 Å². The summed E-state index contributed by atoms with van der Waals surface area (Å²) in [6.45, 7) is 0. The second-order valence-electron chi connectivity index (χ2n) is 4.94. The van der Waals surface area contributed by atoms with Crippen LogP contribution in [0.5, 0.6) is 0 Å². The van der Waals surface area contributed by atoms with Gasteiger partial charge in [-0.05, 0) is 25.7 Å². The summed E-state index contributed by atoms with van der Waals surface area (Å²) in [6.07, 6.45) is 9.36. The van der Waals surface area contributed by atoms with Crippen molar-refractivity contribution in [2.45, 2.75) is 57.3 Å². The van der Waals surface area contributed by atoms with Crippen molar-refractivity contribution in [3.63, 3.8) is 0 Å². The summed E-state index contributed by atoms with van der Waals surface area (Å²) >= 11 is 1.69. The molecule has 1 saturated carbocycles. The molecule has 0 radical (unpaired) electrons. The fourth-order valence-corrected chi connectivity index (χ4v) is 4.06. The fourth-order valence-electron chi connectivity index (χ4n) is 2.81. The molecule has 2 aliphatic rings. The lowest BCUT2D eigenvalue weighted by molar-refractivity contribution is 0.0976. The van der Waals surface area contributed by atoms with E-state index in [4.69, 9.17) is 4.98 Å². The van der Waals surface area contributed by atoms with Gasteiger partial charge in [0.1, 0.15) is 0 Å². The third kappa shape index (κ3) is 1.81. The summed E-state index contributed by atoms with van der Waals surface area (Å²) in [6, 6.07) is 0. The van der Waals surface area contributed by atoms with E-state index >= 15 is 0 Å². The number of hydrogen-bond donors (Lipinski definition) is 0. The molecule has 0 N–H and O–H groups in total. The number of aryl methyl sites for hydroxylation is 1. The Morgan fingerprint density at radius 2 is 1.88 bits per heavy atom. The molecule has 0 amide bonds. The van der Waals surface area contributed by atoms with Crippen LogP contribution in [-0.2, 0) is 6.42 Å². The highest BCUT2D eigenvalue weighted by molar-refractivity contribution is 7.14. The number of carbonyl (C=O) groups is 1. The average Bonchev–Trinajstić information content (AvgIpc) is 2.76. The van der Waals surface area contributed by atoms with Crippen LogP contribution in [0.25, 0.3) is 0 Å². The van der Waals surface area contributed by atoms with Crippen LogP contribution in [0, 0.1) is 0 Å². The first-order chi connectivity index (χ1) is 7.84. The molecule has 1 aromatic rings. The number of hydrogen-bond acceptors (Lipinski definition) is 3. The molecule has 0 bridgehead atoms. The van der Waals surface area contributed by atoms with Gasteiger partial charge in [-0.15, -0.1) is 11.3 Å². The first-order valence-electron chi connectivity index (χ1n) is 6.37. The Hall–Kier alpha value is -0.700. The van der Waals surface area contributed by atoms with Gasteiger partial charge >= 0.3 is 0 Å². The second-order valence-corrected chi connectivity index (χ2v) is 5.97. The van der Waals surface area contributed by atoms with Gasteiger partial charge in [0, 0.05) is 12.3 Å². The summed E-state index contributed by atoms with van der Waals surface area (Å²) in [7, 11) is 0. The number of carbonyl (C=O) groups excluding carboxylic acids is 1. The lowest BCUT2D eigenvalue weighted by atomic mass is 9.90. The zero-order chi connectivity index (χ0) is 11.0. The first-order valence-corrected chi connectivity index (χ1v) is 7.19. The van der Waals surface area contributed by atoms with Crippen LogP contribution >= 0.6 is 11.3 Å². The summed E-state index contributed by atoms with van der Waals surface area (Å²) < 4.78 is 0. The SMILES string of the molecule is O=C1CCCc2nc(C3CCCCC3)sc21. The van der Waals surface area contributed by atoms with Gasteiger partial charge in [0.05, 0.1) is 15.6 Å². The molecule has 1 aromatic heterocycles. The zero-order valence-corrected chi connectivity index (χ0v) is 10.3. The van der Waals surface area contributed by atoms with E-state index < -0.39 is 0 Å². The minimum absolute atomic E-state index is 0.334. The number of rotatable bonds is 1. The van der Waals surface area contributed by atoms with Crippen LogP contribution in [0.4, 0.5) is 0 Å². The number of fused-ring (bicyclic) bond motifs is 1. The largest absolute Gasteiger partial charge is 0.293 e. The molecule has 0 aliphatic heterocycles. The van der Waals surface area contributed by atoms with E-state index in [2.05, 4.69) is 0 Å². The quantitative estimate of drug-likeness (QED) is 0.742. The van der Waals surface area contributed by atoms with Crippen molar-refractivity contribution in [1.29, 1.82) is 0 Å². The van der Waals surface area contributed by atoms with E-state index in [1.54, 1.807) is 11.3 Å². The lowest BCUT2D eigenvalue weighted by Gasteiger charge is -2.18. The van der Waals surface area contributed by atoms with Crippen molar-refractivity contribution in [2.24, 2.45) is 0 Å². The maximum absolute atomic E-state index is 11.8. The fraction of sp³-hybridized carbons (Fsp3) is 0.692. The smallest absolute Gasteiger partial charge is 0.174 e. The maximum atomic E-state index is 11.8. The van der Waals surface area contributed by atoms with Crippen molar-refractivity contribution in [2.75, 3.05) is 0 Å². The Labute approximate surface area is 100 Å². The third-order valence-corrected chi connectivity index (χ3v) is 5.04. The average molecular weight is 235 g/mol. The molecule has 0 spiro atoms. The van der Waals surface area contributed by atoms with Gasteiger partial charge in [0.15, 0.2) is 5.78 Å². The summed E-state index contributed by atoms with van der Waals surface area (Å²) in [5.74, 6) is 0.984. The summed E-state index contributed by atoms with van der Waals surface area (Å²) in [5, 5.41) is 1.25. The molecule has 2 aliphatic carbocycles. The van der Waals surface area contributed by atoms with Crippen LogP contribution in [0.1, 0.15) is 71.2 Å². The molecule has 1 fully saturated rings. The molecule has 2 nitrogen and oxygen atoms in total. The van der Waals surface area contributed by atoms with Crippen LogP contribution in [-0.4, -0.2) is 10.8 Å². The minimum atomic E-state index is 0.334. The topological polar surface area (TPSA) is 30.0 Å². The molecule has 3 rings (SSSR count). The number of thiazole rings is 1. The molecule has 0 atom stereocenters. The Kier molecular flexibility index (Phi) is 2.80. The second kappa shape index (κ2) is 4.28. The Morgan fingerprint density at radius 3 is 2.62 bits per heavy atom. The van der Waals surface area contributed by atoms with Crippen LogP contribution < -0.4 is 0 Å².